The summed E-state index contributed by atoms with van der Waals surface area (Å²) in [5.41, 5.74) is 6.28. The normalized spacial score (nSPS) is 15.8. The fourth-order valence-corrected chi connectivity index (χ4v) is 5.83. The molecule has 5 heteroatoms. The molecule has 4 nitrogen and oxygen atoms in total. The molecule has 0 aliphatic carbocycles. The molecular weight excluding hydrogens is 475 g/mol. The maximum atomic E-state index is 14.3. The van der Waals surface area contributed by atoms with Crippen LogP contribution in [0.15, 0.2) is 78.9 Å². The molecule has 1 aliphatic rings. The quantitative estimate of drug-likeness (QED) is 0.197. The second-order valence-electron chi connectivity index (χ2n) is 10.3. The van der Waals surface area contributed by atoms with E-state index < -0.39 is 0 Å². The Morgan fingerprint density at radius 1 is 1.00 bits per heavy atom. The van der Waals surface area contributed by atoms with E-state index >= 15 is 0 Å². The van der Waals surface area contributed by atoms with Gasteiger partial charge in [0.15, 0.2) is 0 Å². The SMILES string of the molecule is COC(=O)c1cccc(N2CC(CCCNC(C)c3ccc(F)c4ccccc34)Cc3ccccc32)c1C. The minimum atomic E-state index is -0.305. The van der Waals surface area contributed by atoms with Crippen molar-refractivity contribution in [3.63, 3.8) is 0 Å². The number of anilines is 2. The van der Waals surface area contributed by atoms with Crippen LogP contribution in [0.3, 0.4) is 0 Å². The zero-order valence-electron chi connectivity index (χ0n) is 22.3. The molecule has 1 heterocycles. The Hall–Kier alpha value is -3.70. The molecule has 0 amide bonds. The second kappa shape index (κ2) is 11.4. The first kappa shape index (κ1) is 25.9. The molecule has 0 fully saturated rings. The van der Waals surface area contributed by atoms with E-state index in [1.54, 1.807) is 6.07 Å². The van der Waals surface area contributed by atoms with Crippen molar-refractivity contribution in [3.05, 3.63) is 107 Å². The lowest BCUT2D eigenvalue weighted by Gasteiger charge is -2.37. The molecule has 38 heavy (non-hydrogen) atoms. The third-order valence-corrected chi connectivity index (χ3v) is 7.84. The number of rotatable bonds is 8. The van der Waals surface area contributed by atoms with Crippen LogP contribution in [0, 0.1) is 18.7 Å². The van der Waals surface area contributed by atoms with Crippen molar-refractivity contribution in [3.8, 4) is 0 Å². The molecule has 2 unspecified atom stereocenters. The average molecular weight is 511 g/mol. The van der Waals surface area contributed by atoms with Crippen molar-refractivity contribution in [1.82, 2.24) is 5.32 Å². The second-order valence-corrected chi connectivity index (χ2v) is 10.3. The van der Waals surface area contributed by atoms with Gasteiger partial charge in [-0.2, -0.15) is 0 Å². The Morgan fingerprint density at radius 2 is 1.74 bits per heavy atom. The van der Waals surface area contributed by atoms with Crippen LogP contribution in [-0.2, 0) is 11.2 Å². The van der Waals surface area contributed by atoms with Gasteiger partial charge in [-0.05, 0) is 91.9 Å². The zero-order chi connectivity index (χ0) is 26.6. The van der Waals surface area contributed by atoms with Crippen LogP contribution in [0.4, 0.5) is 15.8 Å². The van der Waals surface area contributed by atoms with E-state index in [-0.39, 0.29) is 17.8 Å². The summed E-state index contributed by atoms with van der Waals surface area (Å²) in [6, 6.07) is 25.7. The summed E-state index contributed by atoms with van der Waals surface area (Å²) in [4.78, 5) is 14.7. The molecule has 0 saturated heterocycles. The molecule has 0 spiro atoms. The van der Waals surface area contributed by atoms with Crippen LogP contribution < -0.4 is 10.2 Å². The number of carbonyl (C=O) groups excluding carboxylic acids is 1. The van der Waals surface area contributed by atoms with Crippen LogP contribution in [0.1, 0.15) is 52.9 Å². The molecule has 1 aliphatic heterocycles. The van der Waals surface area contributed by atoms with Crippen molar-refractivity contribution in [2.45, 2.75) is 39.2 Å². The van der Waals surface area contributed by atoms with Crippen molar-refractivity contribution < 1.29 is 13.9 Å². The lowest BCUT2D eigenvalue weighted by atomic mass is 9.88. The number of ether oxygens (including phenoxy) is 1. The van der Waals surface area contributed by atoms with Gasteiger partial charge < -0.3 is 15.0 Å². The average Bonchev–Trinajstić information content (AvgIpc) is 2.95. The molecule has 0 aromatic heterocycles. The number of hydrogen-bond donors (Lipinski definition) is 1. The fourth-order valence-electron chi connectivity index (χ4n) is 5.83. The van der Waals surface area contributed by atoms with Crippen LogP contribution in [0.5, 0.6) is 0 Å². The number of nitrogens with one attached hydrogen (secondary N) is 1. The van der Waals surface area contributed by atoms with Crippen LogP contribution in [-0.4, -0.2) is 26.2 Å². The maximum absolute atomic E-state index is 14.3. The molecule has 4 aromatic rings. The first-order valence-corrected chi connectivity index (χ1v) is 13.4. The molecule has 196 valence electrons. The van der Waals surface area contributed by atoms with Gasteiger partial charge in [-0.15, -0.1) is 0 Å². The largest absolute Gasteiger partial charge is 0.465 e. The van der Waals surface area contributed by atoms with Gasteiger partial charge >= 0.3 is 5.97 Å². The predicted octanol–water partition coefficient (Wildman–Crippen LogP) is 7.52. The molecule has 1 N–H and O–H groups in total. The zero-order valence-corrected chi connectivity index (χ0v) is 22.3. The third-order valence-electron chi connectivity index (χ3n) is 7.84. The van der Waals surface area contributed by atoms with Gasteiger partial charge in [0.1, 0.15) is 5.82 Å². The number of para-hydroxylation sites is 1. The summed E-state index contributed by atoms with van der Waals surface area (Å²) >= 11 is 0. The smallest absolute Gasteiger partial charge is 0.338 e. The number of esters is 1. The molecule has 5 rings (SSSR count). The van der Waals surface area contributed by atoms with Crippen LogP contribution in [0.25, 0.3) is 10.8 Å². The van der Waals surface area contributed by atoms with E-state index in [9.17, 15) is 9.18 Å². The Labute approximate surface area is 224 Å². The topological polar surface area (TPSA) is 41.6 Å². The summed E-state index contributed by atoms with van der Waals surface area (Å²) in [5, 5.41) is 5.30. The molecule has 2 atom stereocenters. The lowest BCUT2D eigenvalue weighted by Crippen LogP contribution is -2.33. The van der Waals surface area contributed by atoms with E-state index in [2.05, 4.69) is 47.5 Å². The highest BCUT2D eigenvalue weighted by Crippen LogP contribution is 2.39. The summed E-state index contributed by atoms with van der Waals surface area (Å²) in [5.74, 6) is 0.0150. The highest BCUT2D eigenvalue weighted by atomic mass is 19.1. The molecule has 4 aromatic carbocycles. The highest BCUT2D eigenvalue weighted by Gasteiger charge is 2.27. The molecule has 0 saturated carbocycles. The number of methoxy groups -OCH3 is 1. The fraction of sp³-hybridized carbons (Fsp3) is 0.303. The molecule has 0 radical (unpaired) electrons. The van der Waals surface area contributed by atoms with Crippen molar-refractivity contribution in [2.24, 2.45) is 5.92 Å². The molecular formula is C33H35FN2O2. The molecule has 0 bridgehead atoms. The summed E-state index contributed by atoms with van der Waals surface area (Å²) < 4.78 is 19.3. The lowest BCUT2D eigenvalue weighted by molar-refractivity contribution is 0.0600. The van der Waals surface area contributed by atoms with Gasteiger partial charge in [-0.3, -0.25) is 0 Å². The van der Waals surface area contributed by atoms with Gasteiger partial charge in [0, 0.05) is 29.3 Å². The predicted molar refractivity (Wildman–Crippen MR) is 153 cm³/mol. The van der Waals surface area contributed by atoms with E-state index in [1.807, 2.05) is 49.4 Å². The maximum Gasteiger partial charge on any atom is 0.338 e. The monoisotopic (exact) mass is 510 g/mol. The van der Waals surface area contributed by atoms with Gasteiger partial charge in [0.2, 0.25) is 0 Å². The van der Waals surface area contributed by atoms with E-state index in [0.29, 0.717) is 16.9 Å². The Balaban J connectivity index is 1.27. The third kappa shape index (κ3) is 5.16. The number of carbonyl (C=O) groups is 1. The van der Waals surface area contributed by atoms with Crippen LogP contribution >= 0.6 is 0 Å². The first-order chi connectivity index (χ1) is 18.5. The van der Waals surface area contributed by atoms with Crippen molar-refractivity contribution in [2.75, 3.05) is 25.1 Å². The minimum Gasteiger partial charge on any atom is -0.465 e. The highest BCUT2D eigenvalue weighted by molar-refractivity contribution is 5.93. The minimum absolute atomic E-state index is 0.132. The summed E-state index contributed by atoms with van der Waals surface area (Å²) in [6.07, 6.45) is 3.18. The number of halogens is 1. The number of nitrogens with zero attached hydrogens (tertiary/aromatic N) is 1. The number of fused-ring (bicyclic) bond motifs is 2. The van der Waals surface area contributed by atoms with Crippen molar-refractivity contribution in [1.29, 1.82) is 0 Å². The number of hydrogen-bond acceptors (Lipinski definition) is 4. The summed E-state index contributed by atoms with van der Waals surface area (Å²) in [7, 11) is 1.42. The number of benzene rings is 4. The Bertz CT molecular complexity index is 1450. The van der Waals surface area contributed by atoms with E-state index in [4.69, 9.17) is 4.74 Å². The Kier molecular flexibility index (Phi) is 7.75. The van der Waals surface area contributed by atoms with E-state index in [1.165, 1.54) is 18.4 Å². The van der Waals surface area contributed by atoms with E-state index in [0.717, 1.165) is 54.6 Å². The van der Waals surface area contributed by atoms with Gasteiger partial charge in [0.25, 0.3) is 0 Å². The van der Waals surface area contributed by atoms with Gasteiger partial charge in [-0.25, -0.2) is 9.18 Å². The summed E-state index contributed by atoms with van der Waals surface area (Å²) in [6.45, 7) is 5.94. The van der Waals surface area contributed by atoms with Crippen LogP contribution in [0.2, 0.25) is 0 Å². The van der Waals surface area contributed by atoms with Gasteiger partial charge in [-0.1, -0.05) is 54.6 Å². The van der Waals surface area contributed by atoms with Gasteiger partial charge in [0.05, 0.1) is 12.7 Å². The first-order valence-electron chi connectivity index (χ1n) is 13.4. The standard InChI is InChI=1S/C33H35FN2O2/c1-22-26(33(37)38-3)14-8-16-31(22)36-21-24(20-25-11-4-7-15-32(25)36)10-9-19-35-23(2)27-17-18-30(34)29-13-6-5-12-28(27)29/h4-8,11-18,23-24,35H,9-10,19-21H2,1-3H3. The van der Waals surface area contributed by atoms with Crippen molar-refractivity contribution >= 4 is 28.1 Å². The Morgan fingerprint density at radius 3 is 2.55 bits per heavy atom.